The Labute approximate surface area is 154 Å². The highest BCUT2D eigenvalue weighted by molar-refractivity contribution is 5.82. The smallest absolute Gasteiger partial charge is 0.128 e. The zero-order valence-corrected chi connectivity index (χ0v) is 15.2. The molecule has 0 aliphatic carbocycles. The molecule has 0 spiro atoms. The van der Waals surface area contributed by atoms with Gasteiger partial charge in [-0.25, -0.2) is 0 Å². The van der Waals surface area contributed by atoms with Crippen molar-refractivity contribution in [3.63, 3.8) is 0 Å². The van der Waals surface area contributed by atoms with Crippen molar-refractivity contribution < 1.29 is 9.47 Å². The van der Waals surface area contributed by atoms with Gasteiger partial charge in [0, 0.05) is 11.8 Å². The maximum Gasteiger partial charge on any atom is 0.128 e. The maximum atomic E-state index is 7.65. The van der Waals surface area contributed by atoms with Gasteiger partial charge < -0.3 is 14.9 Å². The van der Waals surface area contributed by atoms with Crippen LogP contribution in [0, 0.1) is 19.3 Å². The van der Waals surface area contributed by atoms with Gasteiger partial charge in [-0.15, -0.1) is 0 Å². The minimum Gasteiger partial charge on any atom is -0.489 e. The Morgan fingerprint density at radius 2 is 1.27 bits per heavy atom. The SMILES string of the molecule is Cc1ccc(COc2ccc(OCc3ccc(C)cc3)c(C=N)c2)cc1. The van der Waals surface area contributed by atoms with Crippen LogP contribution in [-0.4, -0.2) is 6.21 Å². The summed E-state index contributed by atoms with van der Waals surface area (Å²) >= 11 is 0. The number of ether oxygens (including phenoxy) is 2. The third-order valence-corrected chi connectivity index (χ3v) is 4.18. The summed E-state index contributed by atoms with van der Waals surface area (Å²) in [4.78, 5) is 0. The average Bonchev–Trinajstić information content (AvgIpc) is 2.67. The first-order chi connectivity index (χ1) is 12.6. The van der Waals surface area contributed by atoms with Crippen molar-refractivity contribution in [3.05, 3.63) is 94.5 Å². The van der Waals surface area contributed by atoms with Gasteiger partial charge in [0.25, 0.3) is 0 Å². The highest BCUT2D eigenvalue weighted by Gasteiger charge is 2.05. The van der Waals surface area contributed by atoms with Crippen molar-refractivity contribution >= 4 is 6.21 Å². The first kappa shape index (κ1) is 17.7. The highest BCUT2D eigenvalue weighted by atomic mass is 16.5. The number of nitrogens with one attached hydrogen (secondary N) is 1. The molecule has 0 fully saturated rings. The Hall–Kier alpha value is -3.07. The molecule has 3 nitrogen and oxygen atoms in total. The number of aryl methyl sites for hydroxylation is 2. The quantitative estimate of drug-likeness (QED) is 0.578. The number of hydrogen-bond acceptors (Lipinski definition) is 3. The molecule has 3 aromatic carbocycles. The lowest BCUT2D eigenvalue weighted by atomic mass is 10.1. The molecule has 0 aliphatic rings. The second-order valence-electron chi connectivity index (χ2n) is 6.39. The molecule has 0 saturated heterocycles. The average molecular weight is 345 g/mol. The van der Waals surface area contributed by atoms with Gasteiger partial charge in [0.15, 0.2) is 0 Å². The van der Waals surface area contributed by atoms with E-state index in [0.29, 0.717) is 24.5 Å². The van der Waals surface area contributed by atoms with E-state index in [1.54, 1.807) is 0 Å². The lowest BCUT2D eigenvalue weighted by Gasteiger charge is -2.12. The Kier molecular flexibility index (Phi) is 5.69. The lowest BCUT2D eigenvalue weighted by molar-refractivity contribution is 0.297. The molecule has 1 N–H and O–H groups in total. The third kappa shape index (κ3) is 4.73. The van der Waals surface area contributed by atoms with Crippen LogP contribution >= 0.6 is 0 Å². The maximum absolute atomic E-state index is 7.65. The molecule has 3 aromatic rings. The van der Waals surface area contributed by atoms with E-state index in [1.807, 2.05) is 18.2 Å². The number of rotatable bonds is 7. The van der Waals surface area contributed by atoms with Gasteiger partial charge in [-0.3, -0.25) is 0 Å². The normalized spacial score (nSPS) is 10.4. The Morgan fingerprint density at radius 3 is 1.81 bits per heavy atom. The minimum absolute atomic E-state index is 0.477. The van der Waals surface area contributed by atoms with Gasteiger partial charge in [-0.05, 0) is 43.2 Å². The molecule has 0 radical (unpaired) electrons. The van der Waals surface area contributed by atoms with Crippen LogP contribution < -0.4 is 9.47 Å². The largest absolute Gasteiger partial charge is 0.489 e. The highest BCUT2D eigenvalue weighted by Crippen LogP contribution is 2.24. The zero-order valence-electron chi connectivity index (χ0n) is 15.2. The third-order valence-electron chi connectivity index (χ3n) is 4.18. The molecule has 0 heterocycles. The van der Waals surface area contributed by atoms with Crippen molar-refractivity contribution in [1.82, 2.24) is 0 Å². The summed E-state index contributed by atoms with van der Waals surface area (Å²) in [7, 11) is 0. The van der Waals surface area contributed by atoms with Crippen molar-refractivity contribution in [2.45, 2.75) is 27.1 Å². The summed E-state index contributed by atoms with van der Waals surface area (Å²) in [6, 6.07) is 22.1. The van der Waals surface area contributed by atoms with Crippen molar-refractivity contribution in [2.75, 3.05) is 0 Å². The fraction of sp³-hybridized carbons (Fsp3) is 0.174. The summed E-state index contributed by atoms with van der Waals surface area (Å²) < 4.78 is 11.7. The molecular weight excluding hydrogens is 322 g/mol. The second kappa shape index (κ2) is 8.34. The summed E-state index contributed by atoms with van der Waals surface area (Å²) in [6.07, 6.45) is 1.29. The first-order valence-electron chi connectivity index (χ1n) is 8.65. The van der Waals surface area contributed by atoms with Crippen LogP contribution in [-0.2, 0) is 13.2 Å². The van der Waals surface area contributed by atoms with E-state index in [4.69, 9.17) is 14.9 Å². The Bertz CT molecular complexity index is 868. The molecule has 0 saturated carbocycles. The van der Waals surface area contributed by atoms with E-state index in [9.17, 15) is 0 Å². The summed E-state index contributed by atoms with van der Waals surface area (Å²) in [5.74, 6) is 1.41. The molecule has 3 heteroatoms. The van der Waals surface area contributed by atoms with Crippen LogP contribution in [0.25, 0.3) is 0 Å². The topological polar surface area (TPSA) is 42.3 Å². The molecule has 0 bridgehead atoms. The predicted octanol–water partition coefficient (Wildman–Crippen LogP) is 5.46. The van der Waals surface area contributed by atoms with Gasteiger partial charge in [-0.2, -0.15) is 0 Å². The fourth-order valence-electron chi connectivity index (χ4n) is 2.56. The van der Waals surface area contributed by atoms with Crippen LogP contribution in [0.15, 0.2) is 66.7 Å². The van der Waals surface area contributed by atoms with Crippen molar-refractivity contribution in [3.8, 4) is 11.5 Å². The molecular formula is C23H23NO2. The van der Waals surface area contributed by atoms with E-state index < -0.39 is 0 Å². The Morgan fingerprint density at radius 1 is 0.731 bits per heavy atom. The van der Waals surface area contributed by atoms with Crippen LogP contribution in [0.2, 0.25) is 0 Å². The number of benzene rings is 3. The van der Waals surface area contributed by atoms with Crippen LogP contribution in [0.5, 0.6) is 11.5 Å². The summed E-state index contributed by atoms with van der Waals surface area (Å²) in [6.45, 7) is 5.11. The van der Waals surface area contributed by atoms with Crippen molar-refractivity contribution in [2.24, 2.45) is 0 Å². The van der Waals surface area contributed by atoms with Gasteiger partial charge in [0.2, 0.25) is 0 Å². The lowest BCUT2D eigenvalue weighted by Crippen LogP contribution is -2.00. The van der Waals surface area contributed by atoms with E-state index >= 15 is 0 Å². The van der Waals surface area contributed by atoms with Crippen LogP contribution in [0.3, 0.4) is 0 Å². The second-order valence-corrected chi connectivity index (χ2v) is 6.39. The Balaban J connectivity index is 1.64. The molecule has 0 atom stereocenters. The van der Waals surface area contributed by atoms with Crippen molar-refractivity contribution in [1.29, 1.82) is 5.41 Å². The first-order valence-corrected chi connectivity index (χ1v) is 8.65. The molecule has 0 aromatic heterocycles. The number of hydrogen-bond donors (Lipinski definition) is 1. The minimum atomic E-state index is 0.477. The van der Waals surface area contributed by atoms with Gasteiger partial charge >= 0.3 is 0 Å². The molecule has 0 aliphatic heterocycles. The van der Waals surface area contributed by atoms with Gasteiger partial charge in [0.1, 0.15) is 24.7 Å². The molecule has 26 heavy (non-hydrogen) atoms. The monoisotopic (exact) mass is 345 g/mol. The molecule has 0 unspecified atom stereocenters. The zero-order chi connectivity index (χ0) is 18.4. The van der Waals surface area contributed by atoms with E-state index in [2.05, 4.69) is 62.4 Å². The van der Waals surface area contributed by atoms with E-state index in [-0.39, 0.29) is 0 Å². The van der Waals surface area contributed by atoms with Gasteiger partial charge in [0.05, 0.1) is 0 Å². The summed E-state index contributed by atoms with van der Waals surface area (Å²) in [5.41, 5.74) is 5.38. The van der Waals surface area contributed by atoms with Gasteiger partial charge in [-0.1, -0.05) is 59.7 Å². The summed E-state index contributed by atoms with van der Waals surface area (Å²) in [5, 5.41) is 7.65. The molecule has 0 amide bonds. The van der Waals surface area contributed by atoms with Crippen LogP contribution in [0.1, 0.15) is 27.8 Å². The molecule has 132 valence electrons. The van der Waals surface area contributed by atoms with E-state index in [0.717, 1.165) is 16.9 Å². The molecule has 3 rings (SSSR count). The van der Waals surface area contributed by atoms with Crippen LogP contribution in [0.4, 0.5) is 0 Å². The fourth-order valence-corrected chi connectivity index (χ4v) is 2.56. The van der Waals surface area contributed by atoms with E-state index in [1.165, 1.54) is 17.3 Å². The predicted molar refractivity (Wildman–Crippen MR) is 105 cm³/mol. The standard InChI is InChI=1S/C23H23NO2/c1-17-3-7-19(8-4-17)15-25-22-11-12-23(21(13-22)14-24)26-16-20-9-5-18(2)6-10-20/h3-14,24H,15-16H2,1-2H3.